The number of nitrogens with two attached hydrogens (primary N) is 1. The Morgan fingerprint density at radius 1 is 1.48 bits per heavy atom. The van der Waals surface area contributed by atoms with Crippen LogP contribution in [-0.4, -0.2) is 34.9 Å². The number of para-hydroxylation sites is 1. The van der Waals surface area contributed by atoms with Gasteiger partial charge in [0.05, 0.1) is 12.2 Å². The number of carbonyl (C=O) groups excluding carboxylic acids is 1. The molecule has 1 aromatic heterocycles. The summed E-state index contributed by atoms with van der Waals surface area (Å²) in [6.07, 6.45) is 1.92. The van der Waals surface area contributed by atoms with Crippen molar-refractivity contribution < 1.29 is 9.21 Å². The Bertz CT molecular complexity index is 644. The molecule has 21 heavy (non-hydrogen) atoms. The summed E-state index contributed by atoms with van der Waals surface area (Å²) in [5.41, 5.74) is 8.01. The molecule has 2 heterocycles. The van der Waals surface area contributed by atoms with Gasteiger partial charge in [0.2, 0.25) is 11.8 Å². The van der Waals surface area contributed by atoms with Crippen LogP contribution in [0.15, 0.2) is 22.6 Å². The monoisotopic (exact) mass is 288 g/mol. The number of nitrogen functional groups attached to an aromatic ring is 1. The third-order valence-corrected chi connectivity index (χ3v) is 3.85. The molecule has 1 amide bonds. The van der Waals surface area contributed by atoms with Gasteiger partial charge >= 0.3 is 0 Å². The maximum Gasteiger partial charge on any atom is 0.217 e. The summed E-state index contributed by atoms with van der Waals surface area (Å²) in [7, 11) is 0. The highest BCUT2D eigenvalue weighted by Crippen LogP contribution is 2.22. The Balaban J connectivity index is 1.62. The Hall–Kier alpha value is -2.08. The van der Waals surface area contributed by atoms with E-state index in [-0.39, 0.29) is 11.9 Å². The number of amides is 1. The van der Waals surface area contributed by atoms with Crippen molar-refractivity contribution in [1.29, 1.82) is 0 Å². The topological polar surface area (TPSA) is 84.4 Å². The lowest BCUT2D eigenvalue weighted by molar-refractivity contribution is -0.120. The minimum atomic E-state index is 0.0443. The Labute approximate surface area is 123 Å². The molecule has 6 heteroatoms. The van der Waals surface area contributed by atoms with Crippen LogP contribution in [0.3, 0.4) is 0 Å². The van der Waals surface area contributed by atoms with Gasteiger partial charge in [-0.05, 0) is 25.0 Å². The normalized spacial score (nSPS) is 17.2. The Kier molecular flexibility index (Phi) is 3.79. The molecule has 0 saturated carbocycles. The summed E-state index contributed by atoms with van der Waals surface area (Å²) in [6, 6.07) is 5.86. The van der Waals surface area contributed by atoms with Crippen molar-refractivity contribution in [1.82, 2.24) is 15.2 Å². The summed E-state index contributed by atoms with van der Waals surface area (Å²) < 4.78 is 5.74. The quantitative estimate of drug-likeness (QED) is 0.836. The fourth-order valence-electron chi connectivity index (χ4n) is 2.80. The second-order valence-corrected chi connectivity index (χ2v) is 5.55. The first kappa shape index (κ1) is 13.9. The van der Waals surface area contributed by atoms with E-state index in [1.165, 1.54) is 0 Å². The van der Waals surface area contributed by atoms with Crippen LogP contribution in [0.2, 0.25) is 0 Å². The molecule has 3 N–H and O–H groups in total. The van der Waals surface area contributed by atoms with Crippen molar-refractivity contribution in [2.75, 3.05) is 18.8 Å². The van der Waals surface area contributed by atoms with E-state index >= 15 is 0 Å². The van der Waals surface area contributed by atoms with Crippen molar-refractivity contribution in [3.63, 3.8) is 0 Å². The molecule has 3 rings (SSSR count). The second kappa shape index (κ2) is 5.73. The molecule has 112 valence electrons. The van der Waals surface area contributed by atoms with Crippen LogP contribution in [0.25, 0.3) is 11.1 Å². The number of nitrogens with one attached hydrogen (secondary N) is 1. The molecular weight excluding hydrogens is 268 g/mol. The third kappa shape index (κ3) is 3.16. The zero-order valence-corrected chi connectivity index (χ0v) is 12.1. The summed E-state index contributed by atoms with van der Waals surface area (Å²) in [4.78, 5) is 17.8. The molecule has 1 fully saturated rings. The SMILES string of the molecule is CC(=O)NC1CCN(Cc2nc3c(N)cccc3o2)CC1. The molecule has 0 unspecified atom stereocenters. The van der Waals surface area contributed by atoms with Gasteiger partial charge < -0.3 is 15.5 Å². The first-order chi connectivity index (χ1) is 10.1. The van der Waals surface area contributed by atoms with Crippen LogP contribution >= 0.6 is 0 Å². The number of rotatable bonds is 3. The number of oxazole rings is 1. The minimum Gasteiger partial charge on any atom is -0.439 e. The summed E-state index contributed by atoms with van der Waals surface area (Å²) in [5, 5.41) is 2.97. The molecule has 1 aliphatic rings. The van der Waals surface area contributed by atoms with Gasteiger partial charge in [0, 0.05) is 26.1 Å². The van der Waals surface area contributed by atoms with Crippen LogP contribution < -0.4 is 11.1 Å². The van der Waals surface area contributed by atoms with Crippen molar-refractivity contribution >= 4 is 22.7 Å². The maximum absolute atomic E-state index is 11.1. The number of anilines is 1. The van der Waals surface area contributed by atoms with Crippen LogP contribution in [0, 0.1) is 0 Å². The van der Waals surface area contributed by atoms with Gasteiger partial charge in [-0.1, -0.05) is 6.07 Å². The lowest BCUT2D eigenvalue weighted by Crippen LogP contribution is -2.43. The fraction of sp³-hybridized carbons (Fsp3) is 0.467. The first-order valence-corrected chi connectivity index (χ1v) is 7.25. The highest BCUT2D eigenvalue weighted by molar-refractivity contribution is 5.85. The number of likely N-dealkylation sites (tertiary alicyclic amines) is 1. The average Bonchev–Trinajstić information content (AvgIpc) is 2.84. The van der Waals surface area contributed by atoms with Crippen LogP contribution in [0.4, 0.5) is 5.69 Å². The zero-order valence-electron chi connectivity index (χ0n) is 12.1. The summed E-state index contributed by atoms with van der Waals surface area (Å²) >= 11 is 0. The number of aromatic nitrogens is 1. The molecule has 0 spiro atoms. The van der Waals surface area contributed by atoms with Gasteiger partial charge in [-0.25, -0.2) is 4.98 Å². The van der Waals surface area contributed by atoms with Gasteiger partial charge in [-0.3, -0.25) is 9.69 Å². The van der Waals surface area contributed by atoms with Crippen LogP contribution in [0.1, 0.15) is 25.7 Å². The van der Waals surface area contributed by atoms with Crippen molar-refractivity contribution in [3.05, 3.63) is 24.1 Å². The smallest absolute Gasteiger partial charge is 0.217 e. The van der Waals surface area contributed by atoms with Crippen LogP contribution in [0.5, 0.6) is 0 Å². The highest BCUT2D eigenvalue weighted by atomic mass is 16.3. The highest BCUT2D eigenvalue weighted by Gasteiger charge is 2.21. The molecule has 6 nitrogen and oxygen atoms in total. The van der Waals surface area contributed by atoms with E-state index in [4.69, 9.17) is 10.2 Å². The third-order valence-electron chi connectivity index (χ3n) is 3.85. The van der Waals surface area contributed by atoms with E-state index in [1.807, 2.05) is 18.2 Å². The lowest BCUT2D eigenvalue weighted by Gasteiger charge is -2.31. The largest absolute Gasteiger partial charge is 0.439 e. The van der Waals surface area contributed by atoms with Gasteiger partial charge in [-0.15, -0.1) is 0 Å². The van der Waals surface area contributed by atoms with E-state index in [2.05, 4.69) is 15.2 Å². The standard InChI is InChI=1S/C15H20N4O2/c1-10(20)17-11-5-7-19(8-6-11)9-14-18-15-12(16)3-2-4-13(15)21-14/h2-4,11H,5-9,16H2,1H3,(H,17,20). The molecule has 1 aliphatic heterocycles. The molecule has 1 aromatic carbocycles. The van der Waals surface area contributed by atoms with E-state index in [0.717, 1.165) is 37.0 Å². The number of benzene rings is 1. The van der Waals surface area contributed by atoms with E-state index in [1.54, 1.807) is 6.92 Å². The predicted octanol–water partition coefficient (Wildman–Crippen LogP) is 1.51. The molecule has 0 bridgehead atoms. The number of hydrogen-bond acceptors (Lipinski definition) is 5. The zero-order chi connectivity index (χ0) is 14.8. The minimum absolute atomic E-state index is 0.0443. The van der Waals surface area contributed by atoms with E-state index in [9.17, 15) is 4.79 Å². The average molecular weight is 288 g/mol. The van der Waals surface area contributed by atoms with Crippen molar-refractivity contribution in [3.8, 4) is 0 Å². The van der Waals surface area contributed by atoms with E-state index in [0.29, 0.717) is 18.1 Å². The summed E-state index contributed by atoms with van der Waals surface area (Å²) in [5.74, 6) is 0.740. The molecule has 0 radical (unpaired) electrons. The number of piperidine rings is 1. The molecular formula is C15H20N4O2. The second-order valence-electron chi connectivity index (χ2n) is 5.55. The molecule has 1 saturated heterocycles. The number of hydrogen-bond donors (Lipinski definition) is 2. The number of nitrogens with zero attached hydrogens (tertiary/aromatic N) is 2. The van der Waals surface area contributed by atoms with Gasteiger partial charge in [0.1, 0.15) is 5.52 Å². The molecule has 2 aromatic rings. The number of fused-ring (bicyclic) bond motifs is 1. The van der Waals surface area contributed by atoms with Crippen molar-refractivity contribution in [2.45, 2.75) is 32.4 Å². The maximum atomic E-state index is 11.1. The van der Waals surface area contributed by atoms with Crippen LogP contribution in [-0.2, 0) is 11.3 Å². The van der Waals surface area contributed by atoms with Gasteiger partial charge in [0.15, 0.2) is 5.58 Å². The van der Waals surface area contributed by atoms with Gasteiger partial charge in [-0.2, -0.15) is 0 Å². The lowest BCUT2D eigenvalue weighted by atomic mass is 10.1. The molecule has 0 aliphatic carbocycles. The molecule has 0 atom stereocenters. The van der Waals surface area contributed by atoms with Gasteiger partial charge in [0.25, 0.3) is 0 Å². The Morgan fingerprint density at radius 2 is 2.24 bits per heavy atom. The summed E-state index contributed by atoms with van der Waals surface area (Å²) in [6.45, 7) is 4.11. The number of carbonyl (C=O) groups is 1. The predicted molar refractivity (Wildman–Crippen MR) is 80.5 cm³/mol. The van der Waals surface area contributed by atoms with E-state index < -0.39 is 0 Å². The Morgan fingerprint density at radius 3 is 2.90 bits per heavy atom. The first-order valence-electron chi connectivity index (χ1n) is 7.25. The van der Waals surface area contributed by atoms with Crippen molar-refractivity contribution in [2.24, 2.45) is 0 Å². The fourth-order valence-corrected chi connectivity index (χ4v) is 2.80.